The maximum atomic E-state index is 11.8. The van der Waals surface area contributed by atoms with Crippen LogP contribution in [0.2, 0.25) is 0 Å². The number of aliphatic carboxylic acids is 1. The molecule has 1 atom stereocenters. The van der Waals surface area contributed by atoms with Gasteiger partial charge in [0.1, 0.15) is 11.8 Å². The molecule has 132 valence electrons. The van der Waals surface area contributed by atoms with Gasteiger partial charge in [0, 0.05) is 32.4 Å². The minimum atomic E-state index is -0.858. The van der Waals surface area contributed by atoms with Crippen molar-refractivity contribution in [2.75, 3.05) is 26.2 Å². The van der Waals surface area contributed by atoms with Crippen LogP contribution in [-0.4, -0.2) is 57.1 Å². The number of carboxylic acids is 1. The van der Waals surface area contributed by atoms with Gasteiger partial charge >= 0.3 is 5.97 Å². The SMILES string of the molecule is O=C(O)[C@@H](c1ccc(O)cc1)N1CCCN(Cc2ccccn2)CC1. The van der Waals surface area contributed by atoms with Gasteiger partial charge in [-0.1, -0.05) is 18.2 Å². The third-order valence-electron chi connectivity index (χ3n) is 4.54. The van der Waals surface area contributed by atoms with Crippen LogP contribution in [0.4, 0.5) is 0 Å². The Balaban J connectivity index is 1.68. The number of aromatic hydroxyl groups is 1. The highest BCUT2D eigenvalue weighted by atomic mass is 16.4. The highest BCUT2D eigenvalue weighted by molar-refractivity contribution is 5.75. The monoisotopic (exact) mass is 341 g/mol. The van der Waals surface area contributed by atoms with E-state index in [1.165, 1.54) is 12.1 Å². The topological polar surface area (TPSA) is 76.9 Å². The molecule has 2 aromatic rings. The van der Waals surface area contributed by atoms with Crippen molar-refractivity contribution in [2.45, 2.75) is 19.0 Å². The van der Waals surface area contributed by atoms with Crippen LogP contribution >= 0.6 is 0 Å². The summed E-state index contributed by atoms with van der Waals surface area (Å²) in [6.45, 7) is 3.93. The minimum absolute atomic E-state index is 0.144. The number of rotatable bonds is 5. The van der Waals surface area contributed by atoms with Gasteiger partial charge in [0.05, 0.1) is 5.69 Å². The molecule has 1 aliphatic heterocycles. The molecule has 1 aromatic carbocycles. The quantitative estimate of drug-likeness (QED) is 0.867. The average molecular weight is 341 g/mol. The normalized spacial score (nSPS) is 17.8. The minimum Gasteiger partial charge on any atom is -0.508 e. The molecule has 3 rings (SSSR count). The molecule has 0 aliphatic carbocycles. The van der Waals surface area contributed by atoms with E-state index in [1.54, 1.807) is 18.3 Å². The lowest BCUT2D eigenvalue weighted by molar-refractivity contribution is -0.143. The standard InChI is InChI=1S/C19H23N3O3/c23-17-7-5-15(6-8-17)18(19(24)25)22-11-3-10-21(12-13-22)14-16-4-1-2-9-20-16/h1-2,4-9,18,23H,3,10-14H2,(H,24,25)/t18-/m1/s1. The van der Waals surface area contributed by atoms with Gasteiger partial charge in [0.2, 0.25) is 0 Å². The Morgan fingerprint density at radius 3 is 2.56 bits per heavy atom. The fourth-order valence-electron chi connectivity index (χ4n) is 3.29. The smallest absolute Gasteiger partial charge is 0.325 e. The molecule has 0 unspecified atom stereocenters. The molecule has 0 bridgehead atoms. The molecule has 2 heterocycles. The summed E-state index contributed by atoms with van der Waals surface area (Å²) in [6.07, 6.45) is 2.71. The molecule has 1 aromatic heterocycles. The zero-order valence-electron chi connectivity index (χ0n) is 14.1. The van der Waals surface area contributed by atoms with Crippen molar-refractivity contribution in [3.05, 3.63) is 59.9 Å². The van der Waals surface area contributed by atoms with Crippen molar-refractivity contribution in [3.8, 4) is 5.75 Å². The summed E-state index contributed by atoms with van der Waals surface area (Å²) in [5.74, 6) is -0.714. The van der Waals surface area contributed by atoms with Crippen LogP contribution in [0.5, 0.6) is 5.75 Å². The molecule has 2 N–H and O–H groups in total. The molecule has 0 amide bonds. The molecule has 6 heteroatoms. The van der Waals surface area contributed by atoms with Crippen LogP contribution in [0.25, 0.3) is 0 Å². The predicted octanol–water partition coefficient (Wildman–Crippen LogP) is 2.12. The molecular formula is C19H23N3O3. The van der Waals surface area contributed by atoms with Crippen molar-refractivity contribution in [1.29, 1.82) is 0 Å². The number of carboxylic acid groups (broad SMARTS) is 1. The van der Waals surface area contributed by atoms with Gasteiger partial charge in [-0.25, -0.2) is 0 Å². The summed E-state index contributed by atoms with van der Waals surface area (Å²) in [7, 11) is 0. The van der Waals surface area contributed by atoms with Crippen LogP contribution in [-0.2, 0) is 11.3 Å². The van der Waals surface area contributed by atoms with E-state index in [-0.39, 0.29) is 5.75 Å². The predicted molar refractivity (Wildman–Crippen MR) is 94.2 cm³/mol. The molecule has 0 radical (unpaired) electrons. The molecule has 0 spiro atoms. The van der Waals surface area contributed by atoms with Gasteiger partial charge in [-0.2, -0.15) is 0 Å². The zero-order chi connectivity index (χ0) is 17.6. The van der Waals surface area contributed by atoms with Gasteiger partial charge in [0.15, 0.2) is 0 Å². The Labute approximate surface area is 147 Å². The highest BCUT2D eigenvalue weighted by Crippen LogP contribution is 2.24. The first-order chi connectivity index (χ1) is 12.1. The van der Waals surface area contributed by atoms with Crippen molar-refractivity contribution in [1.82, 2.24) is 14.8 Å². The fourth-order valence-corrected chi connectivity index (χ4v) is 3.29. The maximum absolute atomic E-state index is 11.8. The molecule has 0 saturated carbocycles. The molecule has 1 saturated heterocycles. The van der Waals surface area contributed by atoms with Gasteiger partial charge in [0.25, 0.3) is 0 Å². The summed E-state index contributed by atoms with van der Waals surface area (Å²) in [4.78, 5) is 20.5. The molecule has 1 aliphatic rings. The number of aromatic nitrogens is 1. The Hall–Kier alpha value is -2.44. The summed E-state index contributed by atoms with van der Waals surface area (Å²) in [5, 5.41) is 19.1. The van der Waals surface area contributed by atoms with Gasteiger partial charge < -0.3 is 10.2 Å². The van der Waals surface area contributed by atoms with Crippen LogP contribution < -0.4 is 0 Å². The van der Waals surface area contributed by atoms with E-state index in [0.29, 0.717) is 12.1 Å². The molecule has 1 fully saturated rings. The van der Waals surface area contributed by atoms with E-state index >= 15 is 0 Å². The fraction of sp³-hybridized carbons (Fsp3) is 0.368. The second-order valence-electron chi connectivity index (χ2n) is 6.32. The summed E-state index contributed by atoms with van der Waals surface area (Å²) in [5.41, 5.74) is 1.73. The second kappa shape index (κ2) is 8.09. The Bertz CT molecular complexity index is 691. The highest BCUT2D eigenvalue weighted by Gasteiger charge is 2.29. The lowest BCUT2D eigenvalue weighted by atomic mass is 10.0. The number of pyridine rings is 1. The van der Waals surface area contributed by atoms with Gasteiger partial charge in [-0.05, 0) is 42.8 Å². The van der Waals surface area contributed by atoms with Crippen molar-refractivity contribution < 1.29 is 15.0 Å². The van der Waals surface area contributed by atoms with Crippen LogP contribution in [0, 0.1) is 0 Å². The number of hydrogen-bond acceptors (Lipinski definition) is 5. The third kappa shape index (κ3) is 4.55. The van der Waals surface area contributed by atoms with E-state index in [1.807, 2.05) is 23.1 Å². The number of hydrogen-bond donors (Lipinski definition) is 2. The van der Waals surface area contributed by atoms with E-state index in [2.05, 4.69) is 9.88 Å². The second-order valence-corrected chi connectivity index (χ2v) is 6.32. The van der Waals surface area contributed by atoms with Crippen molar-refractivity contribution in [2.24, 2.45) is 0 Å². The number of phenols is 1. The average Bonchev–Trinajstić information content (AvgIpc) is 2.83. The lowest BCUT2D eigenvalue weighted by Gasteiger charge is -2.28. The van der Waals surface area contributed by atoms with Crippen LogP contribution in [0.3, 0.4) is 0 Å². The molecule has 25 heavy (non-hydrogen) atoms. The number of nitrogens with zero attached hydrogens (tertiary/aromatic N) is 3. The first-order valence-corrected chi connectivity index (χ1v) is 8.51. The van der Waals surface area contributed by atoms with Crippen molar-refractivity contribution in [3.63, 3.8) is 0 Å². The number of benzene rings is 1. The summed E-state index contributed by atoms with van der Waals surface area (Å²) < 4.78 is 0. The first kappa shape index (κ1) is 17.4. The third-order valence-corrected chi connectivity index (χ3v) is 4.54. The Morgan fingerprint density at radius 2 is 1.88 bits per heavy atom. The largest absolute Gasteiger partial charge is 0.508 e. The molecule has 6 nitrogen and oxygen atoms in total. The summed E-state index contributed by atoms with van der Waals surface area (Å²) in [6, 6.07) is 11.7. The Kier molecular flexibility index (Phi) is 5.63. The Morgan fingerprint density at radius 1 is 1.08 bits per heavy atom. The molecular weight excluding hydrogens is 318 g/mol. The van der Waals surface area contributed by atoms with E-state index < -0.39 is 12.0 Å². The van der Waals surface area contributed by atoms with Gasteiger partial charge in [-0.3, -0.25) is 19.6 Å². The van der Waals surface area contributed by atoms with E-state index in [0.717, 1.165) is 38.3 Å². The zero-order valence-corrected chi connectivity index (χ0v) is 14.1. The number of phenolic OH excluding ortho intramolecular Hbond substituents is 1. The maximum Gasteiger partial charge on any atom is 0.325 e. The first-order valence-electron chi connectivity index (χ1n) is 8.51. The van der Waals surface area contributed by atoms with Crippen LogP contribution in [0.1, 0.15) is 23.7 Å². The lowest BCUT2D eigenvalue weighted by Crippen LogP contribution is -2.37. The van der Waals surface area contributed by atoms with Gasteiger partial charge in [-0.15, -0.1) is 0 Å². The van der Waals surface area contributed by atoms with Crippen LogP contribution in [0.15, 0.2) is 48.7 Å². The van der Waals surface area contributed by atoms with E-state index in [9.17, 15) is 15.0 Å². The van der Waals surface area contributed by atoms with Crippen molar-refractivity contribution >= 4 is 5.97 Å². The summed E-state index contributed by atoms with van der Waals surface area (Å²) >= 11 is 0. The number of carbonyl (C=O) groups is 1. The van der Waals surface area contributed by atoms with E-state index in [4.69, 9.17) is 0 Å².